The summed E-state index contributed by atoms with van der Waals surface area (Å²) in [6.45, 7) is 10.3. The fourth-order valence-corrected chi connectivity index (χ4v) is 3.59. The Morgan fingerprint density at radius 3 is 2.36 bits per heavy atom. The molecule has 0 saturated carbocycles. The molecule has 2 atom stereocenters. The lowest BCUT2D eigenvalue weighted by Gasteiger charge is -2.41. The number of nitrogens with one attached hydrogen (secondary N) is 1. The summed E-state index contributed by atoms with van der Waals surface area (Å²) >= 11 is 0. The predicted octanol–water partition coefficient (Wildman–Crippen LogP) is 5.24. The summed E-state index contributed by atoms with van der Waals surface area (Å²) in [5.74, 6) is 0.199. The van der Waals surface area contributed by atoms with Crippen LogP contribution in [0, 0.1) is 19.8 Å². The number of fused-ring (bicyclic) bond motifs is 1. The van der Waals surface area contributed by atoms with Gasteiger partial charge in [-0.25, -0.2) is 0 Å². The van der Waals surface area contributed by atoms with Crippen molar-refractivity contribution < 1.29 is 4.79 Å². The van der Waals surface area contributed by atoms with Crippen LogP contribution in [0.2, 0.25) is 0 Å². The largest absolute Gasteiger partial charge is 0.378 e. The number of carbonyl (C=O) groups is 1. The van der Waals surface area contributed by atoms with Crippen LogP contribution < -0.4 is 10.2 Å². The van der Waals surface area contributed by atoms with E-state index in [0.717, 1.165) is 17.8 Å². The molecule has 0 bridgehead atoms. The minimum Gasteiger partial charge on any atom is -0.378 e. The van der Waals surface area contributed by atoms with Crippen molar-refractivity contribution in [3.8, 4) is 0 Å². The van der Waals surface area contributed by atoms with Crippen LogP contribution in [0.1, 0.15) is 49.9 Å². The molecule has 1 amide bonds. The van der Waals surface area contributed by atoms with Crippen molar-refractivity contribution >= 4 is 17.3 Å². The van der Waals surface area contributed by atoms with Crippen molar-refractivity contribution in [3.63, 3.8) is 0 Å². The van der Waals surface area contributed by atoms with Gasteiger partial charge >= 0.3 is 0 Å². The monoisotopic (exact) mass is 336 g/mol. The van der Waals surface area contributed by atoms with Crippen LogP contribution in [0.5, 0.6) is 0 Å². The topological polar surface area (TPSA) is 32.3 Å². The standard InChI is InChI=1S/C22H28N2O/c1-14(2)22(25)24-17(5)13-20(19-12-16(4)8-11-21(19)24)23-18-9-6-15(3)7-10-18/h6-12,14,17,20,23H,13H2,1-5H3/t17-,20+/m1/s1. The molecule has 1 heterocycles. The number of benzene rings is 2. The zero-order chi connectivity index (χ0) is 18.1. The number of hydrogen-bond acceptors (Lipinski definition) is 2. The maximum absolute atomic E-state index is 12.8. The zero-order valence-corrected chi connectivity index (χ0v) is 15.8. The van der Waals surface area contributed by atoms with Gasteiger partial charge in [-0.3, -0.25) is 4.79 Å². The van der Waals surface area contributed by atoms with Crippen LogP contribution >= 0.6 is 0 Å². The lowest BCUT2D eigenvalue weighted by molar-refractivity contribution is -0.122. The smallest absolute Gasteiger partial charge is 0.229 e. The van der Waals surface area contributed by atoms with E-state index in [9.17, 15) is 4.79 Å². The Bertz CT molecular complexity index is 764. The highest BCUT2D eigenvalue weighted by molar-refractivity contribution is 5.96. The van der Waals surface area contributed by atoms with Gasteiger partial charge in [0.15, 0.2) is 0 Å². The molecule has 0 saturated heterocycles. The van der Waals surface area contributed by atoms with Crippen molar-refractivity contribution in [2.45, 2.75) is 53.1 Å². The Morgan fingerprint density at radius 2 is 1.72 bits per heavy atom. The highest BCUT2D eigenvalue weighted by atomic mass is 16.2. The van der Waals surface area contributed by atoms with Crippen LogP contribution in [-0.2, 0) is 4.79 Å². The molecule has 0 unspecified atom stereocenters. The summed E-state index contributed by atoms with van der Waals surface area (Å²) in [6, 6.07) is 15.3. The van der Waals surface area contributed by atoms with E-state index in [0.29, 0.717) is 0 Å². The van der Waals surface area contributed by atoms with Gasteiger partial charge in [0, 0.05) is 23.3 Å². The molecular weight excluding hydrogens is 308 g/mol. The number of aryl methyl sites for hydroxylation is 2. The van der Waals surface area contributed by atoms with Crippen LogP contribution in [0.3, 0.4) is 0 Å². The maximum Gasteiger partial charge on any atom is 0.229 e. The molecule has 0 aromatic heterocycles. The third-order valence-electron chi connectivity index (χ3n) is 4.96. The highest BCUT2D eigenvalue weighted by Crippen LogP contribution is 2.40. The quantitative estimate of drug-likeness (QED) is 0.831. The Morgan fingerprint density at radius 1 is 1.08 bits per heavy atom. The maximum atomic E-state index is 12.8. The summed E-state index contributed by atoms with van der Waals surface area (Å²) < 4.78 is 0. The number of nitrogens with zero attached hydrogens (tertiary/aromatic N) is 1. The molecule has 1 N–H and O–H groups in total. The van der Waals surface area contributed by atoms with Crippen LogP contribution in [0.25, 0.3) is 0 Å². The summed E-state index contributed by atoms with van der Waals surface area (Å²) in [4.78, 5) is 14.8. The second-order valence-electron chi connectivity index (χ2n) is 7.57. The number of anilines is 2. The lowest BCUT2D eigenvalue weighted by Crippen LogP contribution is -2.46. The minimum atomic E-state index is -0.00166. The first-order chi connectivity index (χ1) is 11.9. The third kappa shape index (κ3) is 3.55. The fourth-order valence-electron chi connectivity index (χ4n) is 3.59. The Labute approximate surface area is 151 Å². The molecule has 2 aromatic rings. The van der Waals surface area contributed by atoms with Gasteiger partial charge in [-0.05, 0) is 51.0 Å². The van der Waals surface area contributed by atoms with Crippen molar-refractivity contribution in [3.05, 3.63) is 59.2 Å². The zero-order valence-electron chi connectivity index (χ0n) is 15.8. The first-order valence-corrected chi connectivity index (χ1v) is 9.13. The molecule has 25 heavy (non-hydrogen) atoms. The van der Waals surface area contributed by atoms with Crippen molar-refractivity contribution in [1.82, 2.24) is 0 Å². The van der Waals surface area contributed by atoms with Crippen molar-refractivity contribution in [2.24, 2.45) is 5.92 Å². The van der Waals surface area contributed by atoms with E-state index in [-0.39, 0.29) is 23.9 Å². The van der Waals surface area contributed by atoms with Gasteiger partial charge in [0.1, 0.15) is 0 Å². The van der Waals surface area contributed by atoms with E-state index in [2.05, 4.69) is 68.6 Å². The lowest BCUT2D eigenvalue weighted by atomic mass is 9.89. The predicted molar refractivity (Wildman–Crippen MR) is 105 cm³/mol. The molecule has 1 aliphatic heterocycles. The van der Waals surface area contributed by atoms with Crippen molar-refractivity contribution in [1.29, 1.82) is 0 Å². The van der Waals surface area contributed by atoms with Crippen molar-refractivity contribution in [2.75, 3.05) is 10.2 Å². The van der Waals surface area contributed by atoms with E-state index in [1.54, 1.807) is 0 Å². The Hall–Kier alpha value is -2.29. The van der Waals surface area contributed by atoms with E-state index < -0.39 is 0 Å². The SMILES string of the molecule is Cc1ccc(N[C@H]2C[C@@H](C)N(C(=O)C(C)C)c3ccc(C)cc32)cc1. The average Bonchev–Trinajstić information content (AvgIpc) is 2.57. The van der Waals surface area contributed by atoms with E-state index in [1.165, 1.54) is 16.7 Å². The van der Waals surface area contributed by atoms with Gasteiger partial charge in [-0.15, -0.1) is 0 Å². The van der Waals surface area contributed by atoms with Crippen LogP contribution in [0.15, 0.2) is 42.5 Å². The molecule has 0 aliphatic carbocycles. The molecule has 0 fully saturated rings. The molecule has 3 nitrogen and oxygen atoms in total. The Balaban J connectivity index is 1.98. The fraction of sp³-hybridized carbons (Fsp3) is 0.409. The van der Waals surface area contributed by atoms with E-state index >= 15 is 0 Å². The van der Waals surface area contributed by atoms with Gasteiger partial charge in [0.05, 0.1) is 6.04 Å². The number of carbonyl (C=O) groups excluding carboxylic acids is 1. The van der Waals surface area contributed by atoms with Crippen LogP contribution in [0.4, 0.5) is 11.4 Å². The average molecular weight is 336 g/mol. The molecule has 3 heteroatoms. The van der Waals surface area contributed by atoms with Gasteiger partial charge in [0.25, 0.3) is 0 Å². The normalized spacial score (nSPS) is 19.7. The molecule has 132 valence electrons. The first kappa shape index (κ1) is 17.5. The molecule has 2 aromatic carbocycles. The van der Waals surface area contributed by atoms with Crippen LogP contribution in [-0.4, -0.2) is 11.9 Å². The van der Waals surface area contributed by atoms with Gasteiger partial charge < -0.3 is 10.2 Å². The second kappa shape index (κ2) is 6.91. The minimum absolute atomic E-state index is 0.00166. The molecular formula is C22H28N2O. The van der Waals surface area contributed by atoms with Gasteiger partial charge in [-0.2, -0.15) is 0 Å². The molecule has 3 rings (SSSR count). The summed E-state index contributed by atoms with van der Waals surface area (Å²) in [5.41, 5.74) is 5.87. The number of rotatable bonds is 3. The number of hydrogen-bond donors (Lipinski definition) is 1. The first-order valence-electron chi connectivity index (χ1n) is 9.13. The highest BCUT2D eigenvalue weighted by Gasteiger charge is 2.34. The number of amides is 1. The Kier molecular flexibility index (Phi) is 4.85. The van der Waals surface area contributed by atoms with E-state index in [4.69, 9.17) is 0 Å². The van der Waals surface area contributed by atoms with E-state index in [1.807, 2.05) is 18.7 Å². The summed E-state index contributed by atoms with van der Waals surface area (Å²) in [5, 5.41) is 3.67. The third-order valence-corrected chi connectivity index (χ3v) is 4.96. The molecule has 0 spiro atoms. The summed E-state index contributed by atoms with van der Waals surface area (Å²) in [6.07, 6.45) is 0.906. The molecule has 0 radical (unpaired) electrons. The second-order valence-corrected chi connectivity index (χ2v) is 7.57. The molecule has 1 aliphatic rings. The van der Waals surface area contributed by atoms with Gasteiger partial charge in [-0.1, -0.05) is 49.2 Å². The summed E-state index contributed by atoms with van der Waals surface area (Å²) in [7, 11) is 0. The van der Waals surface area contributed by atoms with Gasteiger partial charge in [0.2, 0.25) is 5.91 Å².